The highest BCUT2D eigenvalue weighted by atomic mass is 16.5. The van der Waals surface area contributed by atoms with Gasteiger partial charge in [0.2, 0.25) is 17.7 Å². The SMILES string of the molecule is COC(=O)NC(C(=O)N1CCC[C@@H]1c1ncc(-c2ccc3oc(-c4ccc(-c5cnc([C@H]6CCCN6C(=O)[C@@H](NC(=O)OC)C6CC6)[nH]5)cc4)nc3c2)[nH]1)C1CC1. The highest BCUT2D eigenvalue weighted by Crippen LogP contribution is 2.39. The van der Waals surface area contributed by atoms with E-state index in [1.54, 1.807) is 12.4 Å². The number of hydrogen-bond donors (Lipinski definition) is 4. The van der Waals surface area contributed by atoms with Gasteiger partial charge in [0.15, 0.2) is 5.58 Å². The normalized spacial score (nSPS) is 20.4. The number of aromatic amines is 2. The third kappa shape index (κ3) is 7.31. The molecular formula is C41H45N9O7. The Bertz CT molecular complexity index is 2310. The number of H-pyrrole nitrogens is 2. The first-order valence-corrected chi connectivity index (χ1v) is 19.7. The number of nitrogens with one attached hydrogen (secondary N) is 4. The summed E-state index contributed by atoms with van der Waals surface area (Å²) in [5.41, 5.74) is 5.60. The lowest BCUT2D eigenvalue weighted by Crippen LogP contribution is -2.49. The fraction of sp³-hybridized carbons (Fsp3) is 0.439. The zero-order valence-electron chi connectivity index (χ0n) is 31.8. The first kappa shape index (κ1) is 36.4. The van der Waals surface area contributed by atoms with Gasteiger partial charge in [-0.2, -0.15) is 0 Å². The van der Waals surface area contributed by atoms with Crippen LogP contribution in [0.5, 0.6) is 0 Å². The van der Waals surface area contributed by atoms with Crippen molar-refractivity contribution in [2.45, 2.75) is 75.5 Å². The van der Waals surface area contributed by atoms with Crippen LogP contribution in [0.4, 0.5) is 9.59 Å². The number of oxazole rings is 1. The van der Waals surface area contributed by atoms with Crippen molar-refractivity contribution < 1.29 is 33.1 Å². The standard InChI is InChI=1S/C41H45N9O7/c1-55-40(53)47-33(23-9-10-23)38(51)49-17-3-5-30(49)35-42-20-28(44-35)22-7-13-25(14-8-22)37-46-27-19-26(15-16-32(27)57-37)29-21-43-36(45-29)31-6-4-18-50(31)39(52)34(24-11-12-24)48-41(54)56-2/h7-8,13-16,19-21,23-24,30-31,33-34H,3-6,9-12,17-18H2,1-2H3,(H,42,44)(H,43,45)(H,47,53)(H,48,54)/t30-,31-,33+,34?/m1/s1. The van der Waals surface area contributed by atoms with E-state index in [2.05, 4.69) is 30.6 Å². The van der Waals surface area contributed by atoms with Crippen molar-refractivity contribution in [1.29, 1.82) is 0 Å². The molecule has 5 aromatic rings. The number of carbonyl (C=O) groups is 4. The van der Waals surface area contributed by atoms with Crippen molar-refractivity contribution in [1.82, 2.24) is 45.4 Å². The van der Waals surface area contributed by atoms with Crippen LogP contribution in [-0.4, -0.2) is 98.1 Å². The van der Waals surface area contributed by atoms with Gasteiger partial charge in [-0.3, -0.25) is 9.59 Å². The lowest BCUT2D eigenvalue weighted by atomic mass is 10.1. The molecule has 0 bridgehead atoms. The van der Waals surface area contributed by atoms with Crippen LogP contribution >= 0.6 is 0 Å². The van der Waals surface area contributed by atoms with Crippen molar-refractivity contribution in [3.63, 3.8) is 0 Å². The molecule has 2 saturated carbocycles. The minimum absolute atomic E-state index is 0.0919. The third-order valence-corrected chi connectivity index (χ3v) is 11.7. The molecule has 0 spiro atoms. The number of fused-ring (bicyclic) bond motifs is 1. The summed E-state index contributed by atoms with van der Waals surface area (Å²) in [6, 6.07) is 12.1. The molecule has 5 heterocycles. The zero-order chi connectivity index (χ0) is 39.2. The predicted octanol–water partition coefficient (Wildman–Crippen LogP) is 5.87. The van der Waals surface area contributed by atoms with Crippen LogP contribution in [0.1, 0.15) is 75.1 Å². The summed E-state index contributed by atoms with van der Waals surface area (Å²) in [6.07, 6.45) is 9.25. The van der Waals surface area contributed by atoms with Crippen molar-refractivity contribution in [2.24, 2.45) is 11.8 Å². The van der Waals surface area contributed by atoms with E-state index in [4.69, 9.17) is 18.9 Å². The average molecular weight is 776 g/mol. The number of ether oxygens (including phenoxy) is 2. The molecule has 4 amide bonds. The number of aromatic nitrogens is 5. The molecule has 0 radical (unpaired) electrons. The summed E-state index contributed by atoms with van der Waals surface area (Å²) in [4.78, 5) is 75.9. The molecule has 57 heavy (non-hydrogen) atoms. The second-order valence-electron chi connectivity index (χ2n) is 15.4. The molecule has 4 aliphatic rings. The number of nitrogens with zero attached hydrogens (tertiary/aromatic N) is 5. The van der Waals surface area contributed by atoms with Crippen molar-refractivity contribution in [2.75, 3.05) is 27.3 Å². The Balaban J connectivity index is 0.873. The fourth-order valence-electron chi connectivity index (χ4n) is 8.30. The minimum Gasteiger partial charge on any atom is -0.453 e. The monoisotopic (exact) mass is 775 g/mol. The van der Waals surface area contributed by atoms with Gasteiger partial charge in [0.25, 0.3) is 0 Å². The Morgan fingerprint density at radius 3 is 1.70 bits per heavy atom. The molecule has 1 unspecified atom stereocenters. The average Bonchev–Trinajstić information content (AvgIpc) is 3.82. The molecule has 16 nitrogen and oxygen atoms in total. The summed E-state index contributed by atoms with van der Waals surface area (Å²) in [5.74, 6) is 1.99. The number of rotatable bonds is 11. The van der Waals surface area contributed by atoms with E-state index in [1.807, 2.05) is 52.3 Å². The van der Waals surface area contributed by atoms with Gasteiger partial charge in [-0.1, -0.05) is 12.1 Å². The number of methoxy groups -OCH3 is 2. The minimum atomic E-state index is -0.596. The van der Waals surface area contributed by atoms with Crippen LogP contribution in [0.3, 0.4) is 0 Å². The van der Waals surface area contributed by atoms with Gasteiger partial charge in [0.05, 0.1) is 50.1 Å². The number of benzene rings is 2. The summed E-state index contributed by atoms with van der Waals surface area (Å²) in [6.45, 7) is 1.21. The van der Waals surface area contributed by atoms with Crippen LogP contribution in [-0.2, 0) is 19.1 Å². The van der Waals surface area contributed by atoms with Crippen LogP contribution < -0.4 is 10.6 Å². The van der Waals surface area contributed by atoms with Gasteiger partial charge < -0.3 is 44.3 Å². The van der Waals surface area contributed by atoms with Crippen LogP contribution in [0, 0.1) is 11.8 Å². The van der Waals surface area contributed by atoms with E-state index in [9.17, 15) is 19.2 Å². The maximum absolute atomic E-state index is 13.6. The maximum Gasteiger partial charge on any atom is 0.407 e. The number of alkyl carbamates (subject to hydrolysis) is 2. The number of amides is 4. The van der Waals surface area contributed by atoms with Gasteiger partial charge in [-0.05, 0) is 99.1 Å². The lowest BCUT2D eigenvalue weighted by molar-refractivity contribution is -0.135. The fourth-order valence-corrected chi connectivity index (χ4v) is 8.30. The van der Waals surface area contributed by atoms with E-state index >= 15 is 0 Å². The van der Waals surface area contributed by atoms with E-state index in [0.717, 1.165) is 85.3 Å². The van der Waals surface area contributed by atoms with E-state index in [0.29, 0.717) is 35.9 Å². The molecular weight excluding hydrogens is 731 g/mol. The summed E-state index contributed by atoms with van der Waals surface area (Å²) in [7, 11) is 2.61. The largest absolute Gasteiger partial charge is 0.453 e. The number of likely N-dealkylation sites (tertiary alicyclic amines) is 2. The molecule has 2 aliphatic heterocycles. The summed E-state index contributed by atoms with van der Waals surface area (Å²) >= 11 is 0. The maximum atomic E-state index is 13.6. The van der Waals surface area contributed by atoms with Gasteiger partial charge in [0, 0.05) is 24.2 Å². The van der Waals surface area contributed by atoms with Crippen LogP contribution in [0.2, 0.25) is 0 Å². The van der Waals surface area contributed by atoms with Gasteiger partial charge in [-0.15, -0.1) is 0 Å². The number of imidazole rings is 2. The Hall–Kier alpha value is -6.19. The van der Waals surface area contributed by atoms with Gasteiger partial charge in [0.1, 0.15) is 29.2 Å². The molecule has 16 heteroatoms. The van der Waals surface area contributed by atoms with Crippen molar-refractivity contribution in [3.05, 3.63) is 66.5 Å². The number of carbonyl (C=O) groups excluding carboxylic acids is 4. The Kier molecular flexibility index (Phi) is 9.62. The molecule has 4 N–H and O–H groups in total. The lowest BCUT2D eigenvalue weighted by Gasteiger charge is -2.28. The number of hydrogen-bond acceptors (Lipinski definition) is 10. The highest BCUT2D eigenvalue weighted by molar-refractivity contribution is 5.88. The van der Waals surface area contributed by atoms with Crippen LogP contribution in [0.15, 0.2) is 59.3 Å². The highest BCUT2D eigenvalue weighted by Gasteiger charge is 2.44. The first-order chi connectivity index (χ1) is 27.8. The topological polar surface area (TPSA) is 201 Å². The molecule has 4 fully saturated rings. The van der Waals surface area contributed by atoms with Gasteiger partial charge in [-0.25, -0.2) is 24.5 Å². The molecule has 9 rings (SSSR count). The Morgan fingerprint density at radius 1 is 0.702 bits per heavy atom. The molecule has 4 atom stereocenters. The molecule has 2 aromatic carbocycles. The molecule has 2 saturated heterocycles. The van der Waals surface area contributed by atoms with Crippen molar-refractivity contribution >= 4 is 35.1 Å². The predicted molar refractivity (Wildman–Crippen MR) is 206 cm³/mol. The van der Waals surface area contributed by atoms with Crippen molar-refractivity contribution in [3.8, 4) is 34.0 Å². The second kappa shape index (κ2) is 15.0. The zero-order valence-corrected chi connectivity index (χ0v) is 31.8. The molecule has 2 aliphatic carbocycles. The summed E-state index contributed by atoms with van der Waals surface area (Å²) < 4.78 is 15.7. The van der Waals surface area contributed by atoms with E-state index in [1.165, 1.54) is 14.2 Å². The first-order valence-electron chi connectivity index (χ1n) is 19.7. The Morgan fingerprint density at radius 2 is 1.19 bits per heavy atom. The molecule has 3 aromatic heterocycles. The van der Waals surface area contributed by atoms with Crippen LogP contribution in [0.25, 0.3) is 45.1 Å². The van der Waals surface area contributed by atoms with Gasteiger partial charge >= 0.3 is 12.2 Å². The molecule has 296 valence electrons. The smallest absolute Gasteiger partial charge is 0.407 e. The third-order valence-electron chi connectivity index (χ3n) is 11.7. The second-order valence-corrected chi connectivity index (χ2v) is 15.4. The quantitative estimate of drug-likeness (QED) is 0.126. The Labute approximate surface area is 328 Å². The van der Waals surface area contributed by atoms with E-state index < -0.39 is 24.3 Å². The summed E-state index contributed by atoms with van der Waals surface area (Å²) in [5, 5.41) is 5.50. The van der Waals surface area contributed by atoms with E-state index in [-0.39, 0.29) is 35.7 Å².